The van der Waals surface area contributed by atoms with Crippen LogP contribution >= 0.6 is 0 Å². The highest BCUT2D eigenvalue weighted by Gasteiger charge is 2.60. The molecule has 54 valence electrons. The molecule has 3 saturated carbocycles. The van der Waals surface area contributed by atoms with Gasteiger partial charge < -0.3 is 0 Å². The van der Waals surface area contributed by atoms with Crippen LogP contribution in [0.25, 0.3) is 0 Å². The van der Waals surface area contributed by atoms with Crippen molar-refractivity contribution in [2.45, 2.75) is 32.1 Å². The first-order valence-corrected chi connectivity index (χ1v) is 4.52. The Morgan fingerprint density at radius 3 is 2.50 bits per heavy atom. The van der Waals surface area contributed by atoms with E-state index in [4.69, 9.17) is 0 Å². The van der Waals surface area contributed by atoms with Gasteiger partial charge in [-0.05, 0) is 49.4 Å². The summed E-state index contributed by atoms with van der Waals surface area (Å²) in [4.78, 5) is 0. The second-order valence-corrected chi connectivity index (χ2v) is 4.39. The van der Waals surface area contributed by atoms with E-state index in [0.29, 0.717) is 0 Å². The van der Waals surface area contributed by atoms with E-state index in [1.54, 1.807) is 5.57 Å². The average Bonchev–Trinajstić information content (AvgIpc) is 2.51. The Labute approximate surface area is 62.3 Å². The zero-order valence-corrected chi connectivity index (χ0v) is 6.40. The van der Waals surface area contributed by atoms with Crippen molar-refractivity contribution in [1.82, 2.24) is 0 Å². The molecule has 0 radical (unpaired) electrons. The number of allylic oxidation sites excluding steroid dienone is 1. The lowest BCUT2D eigenvalue weighted by atomic mass is 9.82. The first-order valence-electron chi connectivity index (χ1n) is 4.52. The van der Waals surface area contributed by atoms with Gasteiger partial charge in [0.1, 0.15) is 0 Å². The average molecular weight is 134 g/mol. The van der Waals surface area contributed by atoms with E-state index in [-0.39, 0.29) is 0 Å². The summed E-state index contributed by atoms with van der Waals surface area (Å²) in [6, 6.07) is 0. The van der Waals surface area contributed by atoms with E-state index >= 15 is 0 Å². The third-order valence-electron chi connectivity index (χ3n) is 4.14. The molecular weight excluding hydrogens is 120 g/mol. The van der Waals surface area contributed by atoms with Gasteiger partial charge in [-0.3, -0.25) is 0 Å². The van der Waals surface area contributed by atoms with E-state index in [1.165, 1.54) is 32.1 Å². The number of hydrogen-bond acceptors (Lipinski definition) is 0. The minimum Gasteiger partial charge on any atom is -0.0990 e. The predicted molar refractivity (Wildman–Crippen MR) is 41.6 cm³/mol. The van der Waals surface area contributed by atoms with Crippen LogP contribution < -0.4 is 0 Å². The maximum absolute atomic E-state index is 4.25. The van der Waals surface area contributed by atoms with Gasteiger partial charge >= 0.3 is 0 Å². The van der Waals surface area contributed by atoms with Gasteiger partial charge in [0.05, 0.1) is 0 Å². The number of fused-ring (bicyclic) bond motifs is 3. The summed E-state index contributed by atoms with van der Waals surface area (Å²) in [7, 11) is 0. The number of hydrogen-bond donors (Lipinski definition) is 0. The molecule has 3 aliphatic rings. The topological polar surface area (TPSA) is 0 Å². The van der Waals surface area contributed by atoms with Crippen LogP contribution in [0.4, 0.5) is 0 Å². The molecule has 1 spiro atoms. The van der Waals surface area contributed by atoms with Crippen LogP contribution in [0.2, 0.25) is 0 Å². The highest BCUT2D eigenvalue weighted by molar-refractivity contribution is 5.31. The summed E-state index contributed by atoms with van der Waals surface area (Å²) in [5.74, 6) is 2.03. The van der Waals surface area contributed by atoms with Gasteiger partial charge in [-0.15, -0.1) is 0 Å². The van der Waals surface area contributed by atoms with Crippen LogP contribution in [0.15, 0.2) is 12.2 Å². The molecule has 2 bridgehead atoms. The van der Waals surface area contributed by atoms with E-state index in [2.05, 4.69) is 6.58 Å². The molecule has 2 unspecified atom stereocenters. The monoisotopic (exact) mass is 134 g/mol. The van der Waals surface area contributed by atoms with Crippen molar-refractivity contribution in [3.05, 3.63) is 12.2 Å². The van der Waals surface area contributed by atoms with Crippen molar-refractivity contribution in [1.29, 1.82) is 0 Å². The van der Waals surface area contributed by atoms with Crippen molar-refractivity contribution >= 4 is 0 Å². The summed E-state index contributed by atoms with van der Waals surface area (Å²) >= 11 is 0. The highest BCUT2D eigenvalue weighted by atomic mass is 14.6. The van der Waals surface area contributed by atoms with Gasteiger partial charge in [0, 0.05) is 0 Å². The Morgan fingerprint density at radius 1 is 1.30 bits per heavy atom. The molecule has 0 amide bonds. The van der Waals surface area contributed by atoms with Crippen LogP contribution in [-0.4, -0.2) is 0 Å². The molecule has 0 nitrogen and oxygen atoms in total. The molecule has 10 heavy (non-hydrogen) atoms. The van der Waals surface area contributed by atoms with Crippen LogP contribution in [0.3, 0.4) is 0 Å². The Kier molecular flexibility index (Phi) is 0.725. The van der Waals surface area contributed by atoms with Gasteiger partial charge in [0.2, 0.25) is 0 Å². The fourth-order valence-corrected chi connectivity index (χ4v) is 3.33. The van der Waals surface area contributed by atoms with Crippen molar-refractivity contribution in [2.24, 2.45) is 17.3 Å². The summed E-state index contributed by atoms with van der Waals surface area (Å²) in [6.07, 6.45) is 7.44. The normalized spacial score (nSPS) is 47.0. The SMILES string of the molecule is C=C1C2CCC(C2)C12CC2. The fourth-order valence-electron chi connectivity index (χ4n) is 3.33. The lowest BCUT2D eigenvalue weighted by Crippen LogP contribution is -2.13. The molecule has 0 aromatic heterocycles. The molecule has 0 saturated heterocycles. The molecule has 3 fully saturated rings. The standard InChI is InChI=1S/C10H14/c1-7-8-2-3-9(6-8)10(7)4-5-10/h8-9H,1-6H2. The maximum atomic E-state index is 4.25. The maximum Gasteiger partial charge on any atom is -0.00589 e. The van der Waals surface area contributed by atoms with Crippen LogP contribution in [-0.2, 0) is 0 Å². The van der Waals surface area contributed by atoms with Crippen LogP contribution in [0, 0.1) is 17.3 Å². The van der Waals surface area contributed by atoms with E-state index in [1.807, 2.05) is 0 Å². The molecule has 0 aromatic carbocycles. The second-order valence-electron chi connectivity index (χ2n) is 4.39. The van der Waals surface area contributed by atoms with Crippen LogP contribution in [0.5, 0.6) is 0 Å². The zero-order chi connectivity index (χ0) is 6.77. The first kappa shape index (κ1) is 5.40. The second kappa shape index (κ2) is 1.34. The van der Waals surface area contributed by atoms with E-state index in [0.717, 1.165) is 17.3 Å². The lowest BCUT2D eigenvalue weighted by Gasteiger charge is -2.22. The lowest BCUT2D eigenvalue weighted by molar-refractivity contribution is 0.387. The fraction of sp³-hybridized carbons (Fsp3) is 0.800. The van der Waals surface area contributed by atoms with Crippen molar-refractivity contribution < 1.29 is 0 Å². The van der Waals surface area contributed by atoms with Crippen molar-refractivity contribution in [2.75, 3.05) is 0 Å². The Hall–Kier alpha value is -0.260. The van der Waals surface area contributed by atoms with Gasteiger partial charge in [-0.1, -0.05) is 12.2 Å². The third-order valence-corrected chi connectivity index (χ3v) is 4.14. The summed E-state index contributed by atoms with van der Waals surface area (Å²) in [6.45, 7) is 4.25. The van der Waals surface area contributed by atoms with Crippen molar-refractivity contribution in [3.63, 3.8) is 0 Å². The van der Waals surface area contributed by atoms with Gasteiger partial charge in [-0.25, -0.2) is 0 Å². The minimum atomic E-state index is 0.725. The highest BCUT2D eigenvalue weighted by Crippen LogP contribution is 2.70. The Morgan fingerprint density at radius 2 is 2.10 bits per heavy atom. The molecule has 0 heteroatoms. The van der Waals surface area contributed by atoms with Gasteiger partial charge in [0.15, 0.2) is 0 Å². The Bertz CT molecular complexity index is 198. The van der Waals surface area contributed by atoms with E-state index in [9.17, 15) is 0 Å². The molecule has 3 rings (SSSR count). The first-order chi connectivity index (χ1) is 4.83. The quantitative estimate of drug-likeness (QED) is 0.447. The summed E-state index contributed by atoms with van der Waals surface area (Å²) in [5.41, 5.74) is 2.37. The van der Waals surface area contributed by atoms with E-state index < -0.39 is 0 Å². The van der Waals surface area contributed by atoms with Crippen LogP contribution in [0.1, 0.15) is 32.1 Å². The minimum absolute atomic E-state index is 0.725. The Balaban J connectivity index is 2.06. The molecule has 0 N–H and O–H groups in total. The largest absolute Gasteiger partial charge is 0.0990 e. The molecule has 0 heterocycles. The molecule has 0 aliphatic heterocycles. The smallest absolute Gasteiger partial charge is 0.00589 e. The summed E-state index contributed by atoms with van der Waals surface area (Å²) < 4.78 is 0. The van der Waals surface area contributed by atoms with Crippen molar-refractivity contribution in [3.8, 4) is 0 Å². The summed E-state index contributed by atoms with van der Waals surface area (Å²) in [5, 5.41) is 0. The zero-order valence-electron chi connectivity index (χ0n) is 6.40. The predicted octanol–water partition coefficient (Wildman–Crippen LogP) is 2.75. The number of rotatable bonds is 0. The molecule has 0 aromatic rings. The van der Waals surface area contributed by atoms with Gasteiger partial charge in [0.25, 0.3) is 0 Å². The van der Waals surface area contributed by atoms with Gasteiger partial charge in [-0.2, -0.15) is 0 Å². The molecule has 2 atom stereocenters. The molecular formula is C10H14. The molecule has 3 aliphatic carbocycles. The third kappa shape index (κ3) is 0.398.